The number of hydrogen-bond acceptors (Lipinski definition) is 5. The third-order valence-electron chi connectivity index (χ3n) is 5.66. The van der Waals surface area contributed by atoms with E-state index in [2.05, 4.69) is 26.1 Å². The van der Waals surface area contributed by atoms with Gasteiger partial charge in [-0.2, -0.15) is 0 Å². The van der Waals surface area contributed by atoms with Crippen molar-refractivity contribution in [2.45, 2.75) is 6.10 Å². The maximum absolute atomic E-state index is 13.1. The van der Waals surface area contributed by atoms with E-state index in [4.69, 9.17) is 4.84 Å². The Morgan fingerprint density at radius 3 is 2.67 bits per heavy atom. The van der Waals surface area contributed by atoms with Crippen molar-refractivity contribution in [1.82, 2.24) is 4.90 Å². The summed E-state index contributed by atoms with van der Waals surface area (Å²) in [6, 6.07) is 17.4. The second-order valence-electron chi connectivity index (χ2n) is 7.49. The van der Waals surface area contributed by atoms with Crippen molar-refractivity contribution in [3.8, 4) is 0 Å². The zero-order valence-corrected chi connectivity index (χ0v) is 17.7. The third-order valence-corrected chi connectivity index (χ3v) is 6.40. The molecule has 2 atom stereocenters. The SMILES string of the molecule is O=C(CN1C(=O)CN=C(c2ccccc2)c2ccccc21)N1CC2ON=C(Br)C2C1. The minimum absolute atomic E-state index is 0.00124. The fourth-order valence-electron chi connectivity index (χ4n) is 4.11. The molecule has 2 amide bonds. The Morgan fingerprint density at radius 1 is 1.10 bits per heavy atom. The highest BCUT2D eigenvalue weighted by atomic mass is 79.9. The second kappa shape index (κ2) is 7.68. The van der Waals surface area contributed by atoms with Gasteiger partial charge in [0, 0.05) is 17.7 Å². The smallest absolute Gasteiger partial charge is 0.249 e. The molecule has 7 nitrogen and oxygen atoms in total. The molecular formula is C22H19BrN4O3. The molecule has 0 saturated carbocycles. The summed E-state index contributed by atoms with van der Waals surface area (Å²) >= 11 is 3.40. The van der Waals surface area contributed by atoms with Crippen molar-refractivity contribution in [2.75, 3.05) is 31.1 Å². The quantitative estimate of drug-likeness (QED) is 0.696. The number of oxime groups is 1. The lowest BCUT2D eigenvalue weighted by Crippen LogP contribution is -2.43. The summed E-state index contributed by atoms with van der Waals surface area (Å²) in [7, 11) is 0. The number of anilines is 1. The zero-order valence-electron chi connectivity index (χ0n) is 16.1. The van der Waals surface area contributed by atoms with E-state index >= 15 is 0 Å². The Labute approximate surface area is 182 Å². The molecule has 8 heteroatoms. The molecule has 0 aliphatic carbocycles. The van der Waals surface area contributed by atoms with E-state index in [-0.39, 0.29) is 36.9 Å². The number of rotatable bonds is 3. The number of benzodiazepines with no additional fused rings is 1. The fourth-order valence-corrected chi connectivity index (χ4v) is 4.63. The number of amides is 2. The van der Waals surface area contributed by atoms with Gasteiger partial charge in [0.25, 0.3) is 0 Å². The molecule has 1 saturated heterocycles. The minimum Gasteiger partial charge on any atom is -0.389 e. The maximum Gasteiger partial charge on any atom is 0.249 e. The van der Waals surface area contributed by atoms with Crippen molar-refractivity contribution in [2.24, 2.45) is 16.1 Å². The predicted molar refractivity (Wildman–Crippen MR) is 117 cm³/mol. The van der Waals surface area contributed by atoms with Crippen LogP contribution < -0.4 is 4.90 Å². The van der Waals surface area contributed by atoms with Crippen molar-refractivity contribution >= 4 is 43.8 Å². The van der Waals surface area contributed by atoms with Crippen LogP contribution in [0.4, 0.5) is 5.69 Å². The van der Waals surface area contributed by atoms with Crippen LogP contribution in [0.1, 0.15) is 11.1 Å². The molecule has 0 N–H and O–H groups in total. The van der Waals surface area contributed by atoms with Gasteiger partial charge in [-0.05, 0) is 22.0 Å². The van der Waals surface area contributed by atoms with Gasteiger partial charge in [0.15, 0.2) is 6.10 Å². The van der Waals surface area contributed by atoms with Crippen molar-refractivity contribution in [3.05, 3.63) is 65.7 Å². The summed E-state index contributed by atoms with van der Waals surface area (Å²) in [5.74, 6) is -0.242. The number of para-hydroxylation sites is 1. The summed E-state index contributed by atoms with van der Waals surface area (Å²) in [4.78, 5) is 39.2. The molecule has 5 rings (SSSR count). The normalized spacial score (nSPS) is 22.6. The number of fused-ring (bicyclic) bond motifs is 2. The predicted octanol–water partition coefficient (Wildman–Crippen LogP) is 2.44. The Balaban J connectivity index is 1.42. The molecule has 1 fully saturated rings. The molecule has 3 aliphatic rings. The van der Waals surface area contributed by atoms with Crippen LogP contribution in [0.5, 0.6) is 0 Å². The highest BCUT2D eigenvalue weighted by Crippen LogP contribution is 2.31. The van der Waals surface area contributed by atoms with Crippen LogP contribution in [0.25, 0.3) is 0 Å². The van der Waals surface area contributed by atoms with E-state index in [0.717, 1.165) is 21.5 Å². The van der Waals surface area contributed by atoms with Gasteiger partial charge in [0.05, 0.1) is 23.9 Å². The number of likely N-dealkylation sites (tertiary alicyclic amines) is 1. The van der Waals surface area contributed by atoms with Gasteiger partial charge in [-0.25, -0.2) is 0 Å². The monoisotopic (exact) mass is 466 g/mol. The number of aliphatic imine (C=N–C) groups is 1. The standard InChI is InChI=1S/C22H19BrN4O3/c23-22-16-11-26(12-18(16)30-25-22)20(29)13-27-17-9-5-4-8-15(17)21(24-10-19(27)28)14-6-2-1-3-7-14/h1-9,16,18H,10-13H2. The number of halogens is 1. The van der Waals surface area contributed by atoms with Crippen molar-refractivity contribution in [1.29, 1.82) is 0 Å². The molecule has 3 heterocycles. The van der Waals surface area contributed by atoms with Crippen LogP contribution in [0.3, 0.4) is 0 Å². The Kier molecular flexibility index (Phi) is 4.86. The first-order chi connectivity index (χ1) is 14.6. The molecule has 0 bridgehead atoms. The highest BCUT2D eigenvalue weighted by Gasteiger charge is 2.43. The summed E-state index contributed by atoms with van der Waals surface area (Å²) in [5, 5.41) is 3.94. The molecule has 30 heavy (non-hydrogen) atoms. The molecule has 0 radical (unpaired) electrons. The van der Waals surface area contributed by atoms with E-state index in [1.807, 2.05) is 54.6 Å². The molecule has 3 aliphatic heterocycles. The molecule has 0 spiro atoms. The largest absolute Gasteiger partial charge is 0.389 e. The average Bonchev–Trinajstić information content (AvgIpc) is 3.31. The first-order valence-corrected chi connectivity index (χ1v) is 10.6. The highest BCUT2D eigenvalue weighted by molar-refractivity contribution is 9.18. The van der Waals surface area contributed by atoms with Gasteiger partial charge in [0.2, 0.25) is 11.8 Å². The summed E-state index contributed by atoms with van der Waals surface area (Å²) < 4.78 is 0.736. The van der Waals surface area contributed by atoms with Gasteiger partial charge in [-0.3, -0.25) is 14.6 Å². The fraction of sp³-hybridized carbons (Fsp3) is 0.273. The van der Waals surface area contributed by atoms with E-state index in [1.165, 1.54) is 0 Å². The maximum atomic E-state index is 13.1. The van der Waals surface area contributed by atoms with E-state index < -0.39 is 0 Å². The number of hydrogen-bond donors (Lipinski definition) is 0. The summed E-state index contributed by atoms with van der Waals surface area (Å²) in [6.07, 6.45) is -0.122. The topological polar surface area (TPSA) is 74.6 Å². The Hall–Kier alpha value is -3.00. The van der Waals surface area contributed by atoms with Crippen LogP contribution in [0.15, 0.2) is 64.7 Å². The van der Waals surface area contributed by atoms with Gasteiger partial charge in [0.1, 0.15) is 17.7 Å². The lowest BCUT2D eigenvalue weighted by atomic mass is 10.0. The Bertz CT molecular complexity index is 1070. The second-order valence-corrected chi connectivity index (χ2v) is 8.30. The van der Waals surface area contributed by atoms with Crippen LogP contribution in [-0.2, 0) is 14.4 Å². The molecule has 2 aromatic carbocycles. The number of nitrogens with zero attached hydrogens (tertiary/aromatic N) is 4. The average molecular weight is 467 g/mol. The zero-order chi connectivity index (χ0) is 20.7. The van der Waals surface area contributed by atoms with E-state index in [9.17, 15) is 9.59 Å². The molecule has 0 aromatic heterocycles. The van der Waals surface area contributed by atoms with Crippen LogP contribution in [0, 0.1) is 5.92 Å². The van der Waals surface area contributed by atoms with Crippen molar-refractivity contribution in [3.63, 3.8) is 0 Å². The number of carbonyl (C=O) groups excluding carboxylic acids is 2. The lowest BCUT2D eigenvalue weighted by Gasteiger charge is -2.25. The first-order valence-electron chi connectivity index (χ1n) is 9.78. The number of benzene rings is 2. The van der Waals surface area contributed by atoms with E-state index in [0.29, 0.717) is 18.8 Å². The molecular weight excluding hydrogens is 448 g/mol. The van der Waals surface area contributed by atoms with Gasteiger partial charge in [-0.15, -0.1) is 0 Å². The molecule has 2 unspecified atom stereocenters. The van der Waals surface area contributed by atoms with Gasteiger partial charge < -0.3 is 14.6 Å². The van der Waals surface area contributed by atoms with Gasteiger partial charge in [-0.1, -0.05) is 53.7 Å². The molecule has 2 aromatic rings. The van der Waals surface area contributed by atoms with Crippen LogP contribution in [0.2, 0.25) is 0 Å². The first kappa shape index (κ1) is 19.0. The Morgan fingerprint density at radius 2 is 1.87 bits per heavy atom. The van der Waals surface area contributed by atoms with E-state index in [1.54, 1.807) is 9.80 Å². The third kappa shape index (κ3) is 3.31. The lowest BCUT2D eigenvalue weighted by molar-refractivity contribution is -0.130. The van der Waals surface area contributed by atoms with Gasteiger partial charge >= 0.3 is 0 Å². The van der Waals surface area contributed by atoms with Crippen LogP contribution in [-0.4, -0.2) is 59.3 Å². The minimum atomic E-state index is -0.194. The molecule has 152 valence electrons. The van der Waals surface area contributed by atoms with Crippen LogP contribution >= 0.6 is 15.9 Å². The van der Waals surface area contributed by atoms with Crippen molar-refractivity contribution < 1.29 is 14.4 Å². The summed E-state index contributed by atoms with van der Waals surface area (Å²) in [5.41, 5.74) is 3.26. The number of carbonyl (C=O) groups is 2. The summed E-state index contributed by atoms with van der Waals surface area (Å²) in [6.45, 7) is 0.973.